The SMILES string of the molecule is CCOC(=O)COc1ccnnc1. The molecule has 0 aliphatic rings. The molecule has 0 unspecified atom stereocenters. The molecule has 1 aromatic rings. The van der Waals surface area contributed by atoms with Crippen molar-refractivity contribution in [2.75, 3.05) is 13.2 Å². The highest BCUT2D eigenvalue weighted by Crippen LogP contribution is 2.04. The summed E-state index contributed by atoms with van der Waals surface area (Å²) in [5.74, 6) is 0.113. The fourth-order valence-corrected chi connectivity index (χ4v) is 0.709. The van der Waals surface area contributed by atoms with Crippen LogP contribution in [-0.4, -0.2) is 29.4 Å². The van der Waals surface area contributed by atoms with Gasteiger partial charge in [-0.05, 0) is 6.92 Å². The van der Waals surface area contributed by atoms with Gasteiger partial charge in [-0.2, -0.15) is 10.2 Å². The Bertz CT molecular complexity index is 263. The molecule has 0 aliphatic carbocycles. The molecule has 5 heteroatoms. The minimum absolute atomic E-state index is 0.0977. The van der Waals surface area contributed by atoms with Crippen molar-refractivity contribution in [3.05, 3.63) is 18.5 Å². The molecule has 0 radical (unpaired) electrons. The summed E-state index contributed by atoms with van der Waals surface area (Å²) in [4.78, 5) is 10.8. The zero-order valence-electron chi connectivity index (χ0n) is 7.27. The van der Waals surface area contributed by atoms with E-state index in [4.69, 9.17) is 4.74 Å². The third-order valence-electron chi connectivity index (χ3n) is 1.22. The quantitative estimate of drug-likeness (QED) is 0.631. The summed E-state index contributed by atoms with van der Waals surface area (Å²) in [6, 6.07) is 1.62. The standard InChI is InChI=1S/C8H10N2O3/c1-2-12-8(11)6-13-7-3-4-9-10-5-7/h3-5H,2,6H2,1H3. The summed E-state index contributed by atoms with van der Waals surface area (Å²) in [6.45, 7) is 2.00. The Kier molecular flexibility index (Phi) is 3.69. The van der Waals surface area contributed by atoms with Crippen molar-refractivity contribution in [3.8, 4) is 5.75 Å². The van der Waals surface area contributed by atoms with Gasteiger partial charge in [-0.25, -0.2) is 4.79 Å². The molecule has 0 fully saturated rings. The molecule has 13 heavy (non-hydrogen) atoms. The van der Waals surface area contributed by atoms with Crippen molar-refractivity contribution >= 4 is 5.97 Å². The predicted molar refractivity (Wildman–Crippen MR) is 44.2 cm³/mol. The first-order valence-electron chi connectivity index (χ1n) is 3.88. The topological polar surface area (TPSA) is 61.3 Å². The first kappa shape index (κ1) is 9.44. The van der Waals surface area contributed by atoms with Gasteiger partial charge in [0, 0.05) is 6.07 Å². The van der Waals surface area contributed by atoms with Gasteiger partial charge < -0.3 is 9.47 Å². The molecular weight excluding hydrogens is 172 g/mol. The maximum atomic E-state index is 10.8. The molecule has 0 N–H and O–H groups in total. The van der Waals surface area contributed by atoms with Crippen LogP contribution < -0.4 is 4.74 Å². The number of nitrogens with zero attached hydrogens (tertiary/aromatic N) is 2. The fraction of sp³-hybridized carbons (Fsp3) is 0.375. The molecule has 70 valence electrons. The molecule has 0 bridgehead atoms. The highest BCUT2D eigenvalue weighted by Gasteiger charge is 2.01. The number of hydrogen-bond donors (Lipinski definition) is 0. The smallest absolute Gasteiger partial charge is 0.344 e. The molecule has 0 aliphatic heterocycles. The number of carbonyl (C=O) groups excluding carboxylic acids is 1. The van der Waals surface area contributed by atoms with Gasteiger partial charge in [0.1, 0.15) is 5.75 Å². The van der Waals surface area contributed by atoms with Crippen LogP contribution in [0.15, 0.2) is 18.5 Å². The molecule has 0 aromatic carbocycles. The van der Waals surface area contributed by atoms with E-state index < -0.39 is 0 Å². The van der Waals surface area contributed by atoms with Crippen LogP contribution in [0.3, 0.4) is 0 Å². The number of aromatic nitrogens is 2. The van der Waals surface area contributed by atoms with Crippen molar-refractivity contribution < 1.29 is 14.3 Å². The van der Waals surface area contributed by atoms with Gasteiger partial charge in [0.15, 0.2) is 6.61 Å². The van der Waals surface area contributed by atoms with Gasteiger partial charge in [-0.3, -0.25) is 0 Å². The second-order valence-electron chi connectivity index (χ2n) is 2.17. The Balaban J connectivity index is 2.31. The largest absolute Gasteiger partial charge is 0.480 e. The zero-order chi connectivity index (χ0) is 9.52. The second kappa shape index (κ2) is 5.08. The third-order valence-corrected chi connectivity index (χ3v) is 1.22. The molecule has 0 saturated heterocycles. The van der Waals surface area contributed by atoms with E-state index in [0.717, 1.165) is 0 Å². The lowest BCUT2D eigenvalue weighted by Crippen LogP contribution is -2.14. The molecule has 1 aromatic heterocycles. The highest BCUT2D eigenvalue weighted by atomic mass is 16.6. The zero-order valence-corrected chi connectivity index (χ0v) is 7.27. The monoisotopic (exact) mass is 182 g/mol. The van der Waals surface area contributed by atoms with Gasteiger partial charge >= 0.3 is 5.97 Å². The van der Waals surface area contributed by atoms with Crippen LogP contribution in [0, 0.1) is 0 Å². The third kappa shape index (κ3) is 3.50. The minimum atomic E-state index is -0.390. The number of rotatable bonds is 4. The normalized spacial score (nSPS) is 9.31. The number of esters is 1. The lowest BCUT2D eigenvalue weighted by molar-refractivity contribution is -0.145. The summed E-state index contributed by atoms with van der Waals surface area (Å²) in [7, 11) is 0. The number of ether oxygens (including phenoxy) is 2. The van der Waals surface area contributed by atoms with Gasteiger partial charge in [-0.1, -0.05) is 0 Å². The van der Waals surface area contributed by atoms with Crippen LogP contribution in [0.25, 0.3) is 0 Å². The molecule has 1 rings (SSSR count). The Hall–Kier alpha value is -1.65. The highest BCUT2D eigenvalue weighted by molar-refractivity contribution is 5.71. The van der Waals surface area contributed by atoms with Gasteiger partial charge in [0.2, 0.25) is 0 Å². The van der Waals surface area contributed by atoms with Crippen molar-refractivity contribution in [1.29, 1.82) is 0 Å². The van der Waals surface area contributed by atoms with Crippen molar-refractivity contribution in [3.63, 3.8) is 0 Å². The molecule has 0 spiro atoms. The average molecular weight is 182 g/mol. The Morgan fingerprint density at radius 3 is 3.00 bits per heavy atom. The van der Waals surface area contributed by atoms with Crippen LogP contribution in [0.2, 0.25) is 0 Å². The van der Waals surface area contributed by atoms with E-state index in [9.17, 15) is 4.79 Å². The molecule has 5 nitrogen and oxygen atoms in total. The van der Waals surface area contributed by atoms with Crippen LogP contribution in [0.1, 0.15) is 6.92 Å². The Morgan fingerprint density at radius 2 is 2.38 bits per heavy atom. The van der Waals surface area contributed by atoms with E-state index in [-0.39, 0.29) is 12.6 Å². The summed E-state index contributed by atoms with van der Waals surface area (Å²) in [5.41, 5.74) is 0. The molecule has 0 atom stereocenters. The van der Waals surface area contributed by atoms with Gasteiger partial charge in [-0.15, -0.1) is 0 Å². The van der Waals surface area contributed by atoms with E-state index in [1.54, 1.807) is 13.0 Å². The molecule has 1 heterocycles. The number of carbonyl (C=O) groups is 1. The van der Waals surface area contributed by atoms with Gasteiger partial charge in [0.05, 0.1) is 19.0 Å². The maximum absolute atomic E-state index is 10.8. The van der Waals surface area contributed by atoms with Crippen LogP contribution in [0.5, 0.6) is 5.75 Å². The van der Waals surface area contributed by atoms with Gasteiger partial charge in [0.25, 0.3) is 0 Å². The average Bonchev–Trinajstić information content (AvgIpc) is 2.17. The van der Waals surface area contributed by atoms with E-state index in [1.165, 1.54) is 12.4 Å². The first-order chi connectivity index (χ1) is 6.33. The molecular formula is C8H10N2O3. The predicted octanol–water partition coefficient (Wildman–Crippen LogP) is 0.418. The second-order valence-corrected chi connectivity index (χ2v) is 2.17. The lowest BCUT2D eigenvalue weighted by atomic mass is 10.5. The van der Waals surface area contributed by atoms with Crippen LogP contribution in [0.4, 0.5) is 0 Å². The van der Waals surface area contributed by atoms with Crippen molar-refractivity contribution in [1.82, 2.24) is 10.2 Å². The Morgan fingerprint density at radius 1 is 1.54 bits per heavy atom. The molecule has 0 amide bonds. The maximum Gasteiger partial charge on any atom is 0.344 e. The van der Waals surface area contributed by atoms with E-state index in [2.05, 4.69) is 14.9 Å². The minimum Gasteiger partial charge on any atom is -0.480 e. The van der Waals surface area contributed by atoms with E-state index in [0.29, 0.717) is 12.4 Å². The summed E-state index contributed by atoms with van der Waals surface area (Å²) < 4.78 is 9.71. The summed E-state index contributed by atoms with van der Waals surface area (Å²) in [6.07, 6.45) is 2.92. The van der Waals surface area contributed by atoms with E-state index in [1.807, 2.05) is 0 Å². The Labute approximate surface area is 75.7 Å². The van der Waals surface area contributed by atoms with Crippen LogP contribution >= 0.6 is 0 Å². The summed E-state index contributed by atoms with van der Waals surface area (Å²) in [5, 5.41) is 7.14. The summed E-state index contributed by atoms with van der Waals surface area (Å²) >= 11 is 0. The van der Waals surface area contributed by atoms with Crippen LogP contribution in [-0.2, 0) is 9.53 Å². The van der Waals surface area contributed by atoms with Crippen molar-refractivity contribution in [2.45, 2.75) is 6.92 Å². The number of hydrogen-bond acceptors (Lipinski definition) is 5. The fourth-order valence-electron chi connectivity index (χ4n) is 0.709. The van der Waals surface area contributed by atoms with E-state index >= 15 is 0 Å². The molecule has 0 saturated carbocycles. The van der Waals surface area contributed by atoms with Crippen molar-refractivity contribution in [2.24, 2.45) is 0 Å². The first-order valence-corrected chi connectivity index (χ1v) is 3.88. The lowest BCUT2D eigenvalue weighted by Gasteiger charge is -2.03.